The molecule has 0 aliphatic rings. The third-order valence-electron chi connectivity index (χ3n) is 19.0. The van der Waals surface area contributed by atoms with Crippen molar-refractivity contribution >= 4 is 11.9 Å². The van der Waals surface area contributed by atoms with Crippen molar-refractivity contribution in [2.75, 3.05) is 13.2 Å². The normalized spacial score (nSPS) is 12.5. The summed E-state index contributed by atoms with van der Waals surface area (Å²) in [6.07, 6.45) is 116. The zero-order valence-electron chi connectivity index (χ0n) is 62.1. The van der Waals surface area contributed by atoms with E-state index in [-0.39, 0.29) is 25.2 Å². The summed E-state index contributed by atoms with van der Waals surface area (Å²) in [5.74, 6) is -0.565. The van der Waals surface area contributed by atoms with E-state index in [2.05, 4.69) is 86.8 Å². The van der Waals surface area contributed by atoms with Gasteiger partial charge >= 0.3 is 11.9 Å². The van der Waals surface area contributed by atoms with Crippen molar-refractivity contribution in [3.05, 3.63) is 72.9 Å². The van der Waals surface area contributed by atoms with Gasteiger partial charge in [0.05, 0.1) is 6.61 Å². The molecule has 0 saturated carbocycles. The summed E-state index contributed by atoms with van der Waals surface area (Å²) in [4.78, 5) is 24.7. The summed E-state index contributed by atoms with van der Waals surface area (Å²) in [5.41, 5.74) is 0. The average Bonchev–Trinajstić information content (AvgIpc) is 3.64. The van der Waals surface area contributed by atoms with Crippen molar-refractivity contribution in [1.29, 1.82) is 0 Å². The van der Waals surface area contributed by atoms with Gasteiger partial charge in [0.1, 0.15) is 6.61 Å². The minimum atomic E-state index is -0.772. The number of aliphatic hydroxyl groups excluding tert-OH is 1. The summed E-state index contributed by atoms with van der Waals surface area (Å²) in [6.45, 7) is 4.18. The molecule has 0 aromatic rings. The van der Waals surface area contributed by atoms with Crippen LogP contribution >= 0.6 is 0 Å². The fourth-order valence-electron chi connectivity index (χ4n) is 12.8. The molecule has 0 aromatic heterocycles. The number of aliphatic hydroxyl groups is 1. The summed E-state index contributed by atoms with van der Waals surface area (Å²) in [7, 11) is 0. The number of esters is 2. The molecule has 0 radical (unpaired) electrons. The van der Waals surface area contributed by atoms with E-state index < -0.39 is 6.10 Å². The highest BCUT2D eigenvalue weighted by Crippen LogP contribution is 2.20. The van der Waals surface area contributed by atoms with Crippen LogP contribution in [-0.4, -0.2) is 36.4 Å². The number of rotatable bonds is 78. The molecule has 0 aliphatic heterocycles. The third kappa shape index (κ3) is 79.8. The molecule has 5 heteroatoms. The minimum Gasteiger partial charge on any atom is -0.462 e. The lowest BCUT2D eigenvalue weighted by Crippen LogP contribution is -2.28. The van der Waals surface area contributed by atoms with Gasteiger partial charge in [-0.2, -0.15) is 0 Å². The van der Waals surface area contributed by atoms with E-state index >= 15 is 0 Å². The van der Waals surface area contributed by atoms with Gasteiger partial charge in [-0.05, 0) is 89.9 Å². The molecule has 0 amide bonds. The summed E-state index contributed by atoms with van der Waals surface area (Å²) in [5, 5.41) is 9.74. The van der Waals surface area contributed by atoms with E-state index in [4.69, 9.17) is 9.47 Å². The van der Waals surface area contributed by atoms with Crippen molar-refractivity contribution in [2.45, 2.75) is 457 Å². The molecule has 538 valence electrons. The Labute approximate surface area is 575 Å². The number of allylic oxidation sites excluding steroid dienone is 12. The SMILES string of the molecule is CCCCCCC/C=C\C/C=C\C/C=C\CCCCCCCCCCCCCCCCCCCCCCCCCCCCC(=O)OC(CO)COC(=O)CCCCCCCCCCCCCCCCCCCCCCCC/C=C\C/C=C\C/C=C\CCCCCCC. The molecular weight excluding hydrogens is 1120 g/mol. The molecule has 0 aliphatic carbocycles. The van der Waals surface area contributed by atoms with E-state index in [1.54, 1.807) is 0 Å². The maximum absolute atomic E-state index is 12.4. The Balaban J connectivity index is 3.37. The highest BCUT2D eigenvalue weighted by atomic mass is 16.6. The Morgan fingerprint density at radius 2 is 0.435 bits per heavy atom. The van der Waals surface area contributed by atoms with Crippen LogP contribution in [-0.2, 0) is 19.1 Å². The quantitative estimate of drug-likeness (QED) is 0.0373. The van der Waals surface area contributed by atoms with Gasteiger partial charge in [-0.1, -0.05) is 421 Å². The van der Waals surface area contributed by atoms with E-state index in [1.165, 1.54) is 360 Å². The minimum absolute atomic E-state index is 0.0604. The Hall–Kier alpha value is -2.66. The summed E-state index contributed by atoms with van der Waals surface area (Å²) in [6, 6.07) is 0. The first-order chi connectivity index (χ1) is 45.6. The highest BCUT2D eigenvalue weighted by molar-refractivity contribution is 5.70. The first-order valence-electron chi connectivity index (χ1n) is 41.5. The molecule has 1 N–H and O–H groups in total. The van der Waals surface area contributed by atoms with E-state index in [9.17, 15) is 14.7 Å². The standard InChI is InChI=1S/C87H160O5/c1-3-5-7-9-11-13-15-17-19-21-23-25-27-29-31-33-35-37-39-41-42-43-44-46-48-50-52-54-56-58-60-62-64-66-68-70-72-74-76-78-80-82-87(90)92-85(83-88)84-91-86(89)81-79-77-75-73-71-69-67-65-63-61-59-57-55-53-51-49-47-45-40-38-36-34-32-30-28-26-24-22-20-18-16-14-12-10-8-6-4-2/h15-18,21-24,27-30,85,88H,3-14,19-20,25-26,31-84H2,1-2H3/b17-15-,18-16-,23-21-,24-22-,29-27-,30-28-. The monoisotopic (exact) mass is 1290 g/mol. The number of carbonyl (C=O) groups is 2. The molecule has 92 heavy (non-hydrogen) atoms. The van der Waals surface area contributed by atoms with Gasteiger partial charge in [0.15, 0.2) is 6.10 Å². The maximum atomic E-state index is 12.4. The smallest absolute Gasteiger partial charge is 0.306 e. The fourth-order valence-corrected chi connectivity index (χ4v) is 12.8. The second-order valence-corrected chi connectivity index (χ2v) is 28.2. The van der Waals surface area contributed by atoms with Crippen LogP contribution in [0.5, 0.6) is 0 Å². The van der Waals surface area contributed by atoms with Gasteiger partial charge in [-0.3, -0.25) is 9.59 Å². The largest absolute Gasteiger partial charge is 0.462 e. The van der Waals surface area contributed by atoms with Crippen molar-refractivity contribution < 1.29 is 24.2 Å². The van der Waals surface area contributed by atoms with Gasteiger partial charge in [0, 0.05) is 12.8 Å². The van der Waals surface area contributed by atoms with Crippen LogP contribution in [0, 0.1) is 0 Å². The van der Waals surface area contributed by atoms with Crippen molar-refractivity contribution in [2.24, 2.45) is 0 Å². The van der Waals surface area contributed by atoms with Crippen LogP contribution < -0.4 is 0 Å². The molecule has 1 unspecified atom stereocenters. The molecule has 0 rings (SSSR count). The number of unbranched alkanes of at least 4 members (excludes halogenated alkanes) is 58. The van der Waals surface area contributed by atoms with Gasteiger partial charge in [0.2, 0.25) is 0 Å². The fraction of sp³-hybridized carbons (Fsp3) is 0.839. The Kier molecular flexibility index (Phi) is 80.2. The van der Waals surface area contributed by atoms with Crippen LogP contribution in [0.3, 0.4) is 0 Å². The molecule has 0 heterocycles. The van der Waals surface area contributed by atoms with Crippen molar-refractivity contribution in [3.63, 3.8) is 0 Å². The van der Waals surface area contributed by atoms with Crippen LogP contribution in [0.4, 0.5) is 0 Å². The molecule has 0 fully saturated rings. The zero-order valence-corrected chi connectivity index (χ0v) is 62.1. The van der Waals surface area contributed by atoms with E-state index in [1.807, 2.05) is 0 Å². The third-order valence-corrected chi connectivity index (χ3v) is 19.0. The Morgan fingerprint density at radius 1 is 0.250 bits per heavy atom. The van der Waals surface area contributed by atoms with Crippen LogP contribution in [0.15, 0.2) is 72.9 Å². The van der Waals surface area contributed by atoms with Crippen LogP contribution in [0.25, 0.3) is 0 Å². The van der Waals surface area contributed by atoms with Crippen molar-refractivity contribution in [3.8, 4) is 0 Å². The first-order valence-corrected chi connectivity index (χ1v) is 41.5. The molecule has 0 saturated heterocycles. The van der Waals surface area contributed by atoms with Crippen LogP contribution in [0.1, 0.15) is 450 Å². The van der Waals surface area contributed by atoms with Gasteiger partial charge < -0.3 is 14.6 Å². The second-order valence-electron chi connectivity index (χ2n) is 28.2. The lowest BCUT2D eigenvalue weighted by atomic mass is 10.0. The molecular formula is C87H160O5. The number of ether oxygens (including phenoxy) is 2. The summed E-state index contributed by atoms with van der Waals surface area (Å²) >= 11 is 0. The topological polar surface area (TPSA) is 72.8 Å². The Bertz CT molecular complexity index is 1600. The predicted molar refractivity (Wildman–Crippen MR) is 408 cm³/mol. The van der Waals surface area contributed by atoms with E-state index in [0.29, 0.717) is 12.8 Å². The van der Waals surface area contributed by atoms with Crippen molar-refractivity contribution in [1.82, 2.24) is 0 Å². The van der Waals surface area contributed by atoms with Gasteiger partial charge in [0.25, 0.3) is 0 Å². The molecule has 0 aromatic carbocycles. The second kappa shape index (κ2) is 82.6. The number of hydrogen-bond donors (Lipinski definition) is 1. The van der Waals surface area contributed by atoms with E-state index in [0.717, 1.165) is 64.2 Å². The number of carbonyl (C=O) groups excluding carboxylic acids is 2. The maximum Gasteiger partial charge on any atom is 0.306 e. The summed E-state index contributed by atoms with van der Waals surface area (Å²) < 4.78 is 10.8. The predicted octanol–water partition coefficient (Wildman–Crippen LogP) is 29.3. The van der Waals surface area contributed by atoms with Gasteiger partial charge in [-0.25, -0.2) is 0 Å². The zero-order chi connectivity index (χ0) is 66.1. The molecule has 5 nitrogen and oxygen atoms in total. The first kappa shape index (κ1) is 89.3. The average molecular weight is 1290 g/mol. The van der Waals surface area contributed by atoms with Crippen LogP contribution in [0.2, 0.25) is 0 Å². The van der Waals surface area contributed by atoms with Gasteiger partial charge in [-0.15, -0.1) is 0 Å². The molecule has 0 bridgehead atoms. The lowest BCUT2D eigenvalue weighted by molar-refractivity contribution is -0.161. The number of hydrogen-bond acceptors (Lipinski definition) is 5. The highest BCUT2D eigenvalue weighted by Gasteiger charge is 2.16. The molecule has 1 atom stereocenters. The Morgan fingerprint density at radius 3 is 0.652 bits per heavy atom. The lowest BCUT2D eigenvalue weighted by Gasteiger charge is -2.15. The molecule has 0 spiro atoms.